The number of aromatic nitrogens is 2. The first kappa shape index (κ1) is 15.5. The molecule has 1 aliphatic heterocycles. The second-order valence-electron chi connectivity index (χ2n) is 5.17. The molecule has 8 nitrogen and oxygen atoms in total. The number of carbonyl (C=O) groups is 1. The van der Waals surface area contributed by atoms with Gasteiger partial charge in [0.1, 0.15) is 0 Å². The van der Waals surface area contributed by atoms with E-state index in [1.165, 1.54) is 0 Å². The van der Waals surface area contributed by atoms with E-state index in [-0.39, 0.29) is 18.7 Å². The van der Waals surface area contributed by atoms with Crippen molar-refractivity contribution in [3.63, 3.8) is 0 Å². The highest BCUT2D eigenvalue weighted by Crippen LogP contribution is 2.21. The Morgan fingerprint density at radius 2 is 2.33 bits per heavy atom. The van der Waals surface area contributed by atoms with Crippen molar-refractivity contribution in [3.8, 4) is 0 Å². The zero-order valence-electron chi connectivity index (χ0n) is 12.5. The van der Waals surface area contributed by atoms with Crippen LogP contribution in [0, 0.1) is 6.92 Å². The summed E-state index contributed by atoms with van der Waals surface area (Å²) >= 11 is 0. The summed E-state index contributed by atoms with van der Waals surface area (Å²) in [7, 11) is 3.68. The number of urea groups is 1. The zero-order chi connectivity index (χ0) is 15.4. The lowest BCUT2D eigenvalue weighted by atomic mass is 10.3. The molecule has 2 N–H and O–H groups in total. The van der Waals surface area contributed by atoms with Crippen LogP contribution in [0.15, 0.2) is 6.07 Å². The quantitative estimate of drug-likeness (QED) is 0.820. The van der Waals surface area contributed by atoms with Gasteiger partial charge >= 0.3 is 6.03 Å². The minimum Gasteiger partial charge on any atom is -0.394 e. The monoisotopic (exact) mass is 295 g/mol. The van der Waals surface area contributed by atoms with Crippen LogP contribution in [0.25, 0.3) is 0 Å². The molecule has 0 bridgehead atoms. The van der Waals surface area contributed by atoms with E-state index in [4.69, 9.17) is 9.84 Å². The third kappa shape index (κ3) is 3.79. The molecule has 116 valence electrons. The number of aryl methyl sites for hydroxylation is 1. The first-order valence-corrected chi connectivity index (χ1v) is 6.81. The molecule has 1 aromatic rings. The second kappa shape index (κ2) is 6.68. The van der Waals surface area contributed by atoms with Gasteiger partial charge in [-0.25, -0.2) is 4.79 Å². The van der Waals surface area contributed by atoms with Gasteiger partial charge in [0.05, 0.1) is 37.2 Å². The molecule has 0 radical (unpaired) electrons. The lowest BCUT2D eigenvalue weighted by molar-refractivity contribution is -0.0388. The maximum Gasteiger partial charge on any atom is 0.322 e. The number of carbonyl (C=O) groups excluding carboxylic acids is 1. The lowest BCUT2D eigenvalue weighted by Gasteiger charge is -2.32. The van der Waals surface area contributed by atoms with Crippen LogP contribution in [0.1, 0.15) is 5.69 Å². The third-order valence-corrected chi connectivity index (χ3v) is 3.19. The number of nitrogens with one attached hydrogen (secondary N) is 1. The molecule has 2 rings (SSSR count). The number of aliphatic hydroxyl groups is 1. The molecule has 21 heavy (non-hydrogen) atoms. The number of ether oxygens (including phenoxy) is 1. The van der Waals surface area contributed by atoms with Crippen LogP contribution in [0.3, 0.4) is 0 Å². The molecule has 1 aliphatic rings. The van der Waals surface area contributed by atoms with Gasteiger partial charge in [0.15, 0.2) is 5.82 Å². The van der Waals surface area contributed by atoms with Gasteiger partial charge in [-0.15, -0.1) is 5.10 Å². The van der Waals surface area contributed by atoms with Gasteiger partial charge in [0, 0.05) is 20.6 Å². The van der Waals surface area contributed by atoms with Crippen LogP contribution in [-0.2, 0) is 4.74 Å². The number of anilines is 2. The van der Waals surface area contributed by atoms with E-state index in [0.717, 1.165) is 5.69 Å². The normalized spacial score (nSPS) is 18.5. The van der Waals surface area contributed by atoms with E-state index in [1.807, 2.05) is 21.0 Å². The SMILES string of the molecule is Cc1cc(NC(=O)N2CCOC(CO)C2)c(N(C)C)nn1. The molecule has 0 aliphatic carbocycles. The van der Waals surface area contributed by atoms with E-state index in [2.05, 4.69) is 15.5 Å². The Labute approximate surface area is 123 Å². The molecular formula is C13H21N5O3. The Bertz CT molecular complexity index is 509. The van der Waals surface area contributed by atoms with E-state index >= 15 is 0 Å². The number of morpholine rings is 1. The van der Waals surface area contributed by atoms with Crippen molar-refractivity contribution in [2.24, 2.45) is 0 Å². The topological polar surface area (TPSA) is 90.8 Å². The van der Waals surface area contributed by atoms with Gasteiger partial charge in [0.25, 0.3) is 0 Å². The van der Waals surface area contributed by atoms with Crippen molar-refractivity contribution in [1.29, 1.82) is 0 Å². The Morgan fingerprint density at radius 3 is 3.00 bits per heavy atom. The van der Waals surface area contributed by atoms with Crippen LogP contribution in [-0.4, -0.2) is 72.7 Å². The fraction of sp³-hybridized carbons (Fsp3) is 0.615. The van der Waals surface area contributed by atoms with E-state index in [0.29, 0.717) is 31.2 Å². The number of hydrogen-bond acceptors (Lipinski definition) is 6. The highest BCUT2D eigenvalue weighted by Gasteiger charge is 2.24. The number of hydrogen-bond donors (Lipinski definition) is 2. The van der Waals surface area contributed by atoms with E-state index < -0.39 is 0 Å². The van der Waals surface area contributed by atoms with E-state index in [1.54, 1.807) is 15.9 Å². The fourth-order valence-corrected chi connectivity index (χ4v) is 2.11. The van der Waals surface area contributed by atoms with Crippen molar-refractivity contribution in [2.75, 3.05) is 50.6 Å². The average Bonchev–Trinajstić information content (AvgIpc) is 2.47. The van der Waals surface area contributed by atoms with Crippen LogP contribution in [0.2, 0.25) is 0 Å². The zero-order valence-corrected chi connectivity index (χ0v) is 12.5. The summed E-state index contributed by atoms with van der Waals surface area (Å²) < 4.78 is 5.34. The fourth-order valence-electron chi connectivity index (χ4n) is 2.11. The Morgan fingerprint density at radius 1 is 1.57 bits per heavy atom. The Hall–Kier alpha value is -1.93. The predicted octanol–water partition coefficient (Wildman–Crippen LogP) is 0.0760. The Kier molecular flexibility index (Phi) is 4.92. The predicted molar refractivity (Wildman–Crippen MR) is 78.5 cm³/mol. The first-order chi connectivity index (χ1) is 10.0. The van der Waals surface area contributed by atoms with Crippen molar-refractivity contribution in [3.05, 3.63) is 11.8 Å². The molecular weight excluding hydrogens is 274 g/mol. The molecule has 1 fully saturated rings. The molecule has 8 heteroatoms. The highest BCUT2D eigenvalue weighted by molar-refractivity contribution is 5.92. The standard InChI is InChI=1S/C13H21N5O3/c1-9-6-11(12(16-15-9)17(2)3)14-13(20)18-4-5-21-10(7-18)8-19/h6,10,19H,4-5,7-8H2,1-3H3,(H,14,15,20). The minimum absolute atomic E-state index is 0.0946. The molecule has 1 saturated heterocycles. The van der Waals surface area contributed by atoms with Crippen molar-refractivity contribution < 1.29 is 14.6 Å². The van der Waals surface area contributed by atoms with Crippen LogP contribution >= 0.6 is 0 Å². The van der Waals surface area contributed by atoms with Crippen LogP contribution in [0.5, 0.6) is 0 Å². The van der Waals surface area contributed by atoms with E-state index in [9.17, 15) is 4.79 Å². The molecule has 0 spiro atoms. The smallest absolute Gasteiger partial charge is 0.322 e. The molecule has 2 amide bonds. The maximum absolute atomic E-state index is 12.3. The first-order valence-electron chi connectivity index (χ1n) is 6.81. The number of rotatable bonds is 3. The maximum atomic E-state index is 12.3. The Balaban J connectivity index is 2.10. The van der Waals surface area contributed by atoms with Gasteiger partial charge in [-0.2, -0.15) is 5.10 Å². The molecule has 2 heterocycles. The summed E-state index contributed by atoms with van der Waals surface area (Å²) in [5.41, 5.74) is 1.34. The average molecular weight is 295 g/mol. The van der Waals surface area contributed by atoms with Crippen molar-refractivity contribution >= 4 is 17.5 Å². The van der Waals surface area contributed by atoms with Gasteiger partial charge in [-0.3, -0.25) is 0 Å². The van der Waals surface area contributed by atoms with Crippen LogP contribution < -0.4 is 10.2 Å². The summed E-state index contributed by atoms with van der Waals surface area (Å²) in [6.45, 7) is 3.02. The summed E-state index contributed by atoms with van der Waals surface area (Å²) in [6, 6.07) is 1.55. The molecule has 0 saturated carbocycles. The number of nitrogens with zero attached hydrogens (tertiary/aromatic N) is 4. The largest absolute Gasteiger partial charge is 0.394 e. The summed E-state index contributed by atoms with van der Waals surface area (Å²) in [4.78, 5) is 15.7. The second-order valence-corrected chi connectivity index (χ2v) is 5.17. The molecule has 1 unspecified atom stereocenters. The molecule has 1 atom stereocenters. The van der Waals surface area contributed by atoms with Crippen LogP contribution in [0.4, 0.5) is 16.3 Å². The highest BCUT2D eigenvalue weighted by atomic mass is 16.5. The summed E-state index contributed by atoms with van der Waals surface area (Å²) in [5.74, 6) is 0.598. The molecule has 1 aromatic heterocycles. The van der Waals surface area contributed by atoms with Crippen molar-refractivity contribution in [2.45, 2.75) is 13.0 Å². The molecule has 0 aromatic carbocycles. The minimum atomic E-state index is -0.324. The number of amides is 2. The lowest BCUT2D eigenvalue weighted by Crippen LogP contribution is -2.48. The van der Waals surface area contributed by atoms with Gasteiger partial charge in [0.2, 0.25) is 0 Å². The van der Waals surface area contributed by atoms with Gasteiger partial charge < -0.3 is 25.0 Å². The number of aliphatic hydroxyl groups excluding tert-OH is 1. The third-order valence-electron chi connectivity index (χ3n) is 3.19. The van der Waals surface area contributed by atoms with Gasteiger partial charge in [-0.05, 0) is 13.0 Å². The van der Waals surface area contributed by atoms with Crippen molar-refractivity contribution in [1.82, 2.24) is 15.1 Å². The summed E-state index contributed by atoms with van der Waals surface area (Å²) in [5, 5.41) is 20.1. The van der Waals surface area contributed by atoms with Gasteiger partial charge in [-0.1, -0.05) is 0 Å². The summed E-state index contributed by atoms with van der Waals surface area (Å²) in [6.07, 6.45) is -0.324.